The van der Waals surface area contributed by atoms with Gasteiger partial charge < -0.3 is 5.11 Å². The first-order chi connectivity index (χ1) is 6.09. The number of rotatable bonds is 3. The SMILES string of the molecule is C=C(C)C(=O)Cc1ccc(O)cc1. The van der Waals surface area contributed by atoms with E-state index in [2.05, 4.69) is 6.58 Å². The summed E-state index contributed by atoms with van der Waals surface area (Å²) in [4.78, 5) is 11.2. The van der Waals surface area contributed by atoms with E-state index in [1.54, 1.807) is 31.2 Å². The van der Waals surface area contributed by atoms with Gasteiger partial charge in [0, 0.05) is 6.42 Å². The quantitative estimate of drug-likeness (QED) is 0.716. The molecule has 68 valence electrons. The van der Waals surface area contributed by atoms with Crippen molar-refractivity contribution < 1.29 is 9.90 Å². The van der Waals surface area contributed by atoms with Gasteiger partial charge in [0.05, 0.1) is 0 Å². The van der Waals surface area contributed by atoms with E-state index < -0.39 is 0 Å². The molecule has 13 heavy (non-hydrogen) atoms. The molecule has 0 heterocycles. The lowest BCUT2D eigenvalue weighted by atomic mass is 10.1. The minimum atomic E-state index is 0.0330. The van der Waals surface area contributed by atoms with Crippen molar-refractivity contribution in [2.24, 2.45) is 0 Å². The van der Waals surface area contributed by atoms with Crippen LogP contribution in [0.5, 0.6) is 5.75 Å². The zero-order chi connectivity index (χ0) is 9.84. The Morgan fingerprint density at radius 1 is 1.38 bits per heavy atom. The number of Topliss-reactive ketones (excluding diaryl/α,β-unsaturated/α-hetero) is 1. The van der Waals surface area contributed by atoms with Gasteiger partial charge in [0.2, 0.25) is 0 Å². The fourth-order valence-corrected chi connectivity index (χ4v) is 0.950. The molecular weight excluding hydrogens is 164 g/mol. The Hall–Kier alpha value is -1.57. The smallest absolute Gasteiger partial charge is 0.162 e. The van der Waals surface area contributed by atoms with E-state index in [1.807, 2.05) is 0 Å². The second kappa shape index (κ2) is 3.90. The Balaban J connectivity index is 2.70. The second-order valence-corrected chi connectivity index (χ2v) is 3.05. The first-order valence-electron chi connectivity index (χ1n) is 4.06. The highest BCUT2D eigenvalue weighted by Crippen LogP contribution is 2.11. The number of allylic oxidation sites excluding steroid dienone is 1. The number of aromatic hydroxyl groups is 1. The standard InChI is InChI=1S/C11H12O2/c1-8(2)11(13)7-9-3-5-10(12)6-4-9/h3-6,12H,1,7H2,2H3. The molecule has 0 saturated heterocycles. The summed E-state index contributed by atoms with van der Waals surface area (Å²) in [6.45, 7) is 5.27. The van der Waals surface area contributed by atoms with Crippen LogP contribution in [-0.2, 0) is 11.2 Å². The van der Waals surface area contributed by atoms with Gasteiger partial charge in [-0.1, -0.05) is 18.7 Å². The largest absolute Gasteiger partial charge is 0.508 e. The Bertz CT molecular complexity index is 322. The first kappa shape index (κ1) is 9.52. The van der Waals surface area contributed by atoms with Crippen LogP contribution >= 0.6 is 0 Å². The maximum Gasteiger partial charge on any atom is 0.162 e. The number of ketones is 1. The van der Waals surface area contributed by atoms with Gasteiger partial charge in [0.15, 0.2) is 5.78 Å². The summed E-state index contributed by atoms with van der Waals surface area (Å²) < 4.78 is 0. The third kappa shape index (κ3) is 2.75. The highest BCUT2D eigenvalue weighted by Gasteiger charge is 2.03. The highest BCUT2D eigenvalue weighted by molar-refractivity contribution is 5.95. The molecule has 1 rings (SSSR count). The van der Waals surface area contributed by atoms with Gasteiger partial charge in [-0.25, -0.2) is 0 Å². The van der Waals surface area contributed by atoms with Crippen LogP contribution in [0, 0.1) is 0 Å². The Morgan fingerprint density at radius 2 is 1.92 bits per heavy atom. The van der Waals surface area contributed by atoms with Gasteiger partial charge in [-0.2, -0.15) is 0 Å². The molecule has 0 radical (unpaired) electrons. The van der Waals surface area contributed by atoms with Crippen molar-refractivity contribution in [3.8, 4) is 5.75 Å². The van der Waals surface area contributed by atoms with E-state index in [-0.39, 0.29) is 11.5 Å². The topological polar surface area (TPSA) is 37.3 Å². The van der Waals surface area contributed by atoms with Crippen molar-refractivity contribution in [3.63, 3.8) is 0 Å². The monoisotopic (exact) mass is 176 g/mol. The summed E-state index contributed by atoms with van der Waals surface area (Å²) in [6.07, 6.45) is 0.357. The minimum absolute atomic E-state index is 0.0330. The highest BCUT2D eigenvalue weighted by atomic mass is 16.3. The van der Waals surface area contributed by atoms with Crippen LogP contribution in [0.1, 0.15) is 12.5 Å². The van der Waals surface area contributed by atoms with E-state index in [1.165, 1.54) is 0 Å². The molecule has 0 fully saturated rings. The van der Waals surface area contributed by atoms with Crippen molar-refractivity contribution in [1.82, 2.24) is 0 Å². The van der Waals surface area contributed by atoms with Crippen molar-refractivity contribution in [2.45, 2.75) is 13.3 Å². The third-order valence-electron chi connectivity index (χ3n) is 1.78. The number of benzene rings is 1. The van der Waals surface area contributed by atoms with Crippen molar-refractivity contribution in [2.75, 3.05) is 0 Å². The maximum atomic E-state index is 11.2. The molecule has 2 nitrogen and oxygen atoms in total. The summed E-state index contributed by atoms with van der Waals surface area (Å²) in [5, 5.41) is 9.00. The lowest BCUT2D eigenvalue weighted by Crippen LogP contribution is -2.02. The number of phenols is 1. The molecule has 0 spiro atoms. The van der Waals surface area contributed by atoms with E-state index in [0.717, 1.165) is 5.56 Å². The lowest BCUT2D eigenvalue weighted by Gasteiger charge is -2.00. The van der Waals surface area contributed by atoms with Gasteiger partial charge >= 0.3 is 0 Å². The van der Waals surface area contributed by atoms with Crippen LogP contribution < -0.4 is 0 Å². The van der Waals surface area contributed by atoms with Gasteiger partial charge in [0.25, 0.3) is 0 Å². The van der Waals surface area contributed by atoms with Crippen molar-refractivity contribution >= 4 is 5.78 Å². The molecule has 0 saturated carbocycles. The summed E-state index contributed by atoms with van der Waals surface area (Å²) in [6, 6.07) is 6.61. The molecule has 0 aliphatic heterocycles. The third-order valence-corrected chi connectivity index (χ3v) is 1.78. The fraction of sp³-hybridized carbons (Fsp3) is 0.182. The van der Waals surface area contributed by atoms with Gasteiger partial charge in [0.1, 0.15) is 5.75 Å². The molecule has 1 aromatic carbocycles. The molecule has 0 aliphatic carbocycles. The number of carbonyl (C=O) groups is 1. The lowest BCUT2D eigenvalue weighted by molar-refractivity contribution is -0.114. The predicted octanol–water partition coefficient (Wildman–Crippen LogP) is 2.08. The molecule has 2 heteroatoms. The number of hydrogen-bond acceptors (Lipinski definition) is 2. The molecule has 1 aromatic rings. The normalized spacial score (nSPS) is 9.62. The van der Waals surface area contributed by atoms with Crippen LogP contribution in [0.3, 0.4) is 0 Å². The van der Waals surface area contributed by atoms with Crippen LogP contribution in [0.25, 0.3) is 0 Å². The van der Waals surface area contributed by atoms with E-state index in [9.17, 15) is 4.79 Å². The molecule has 1 N–H and O–H groups in total. The van der Waals surface area contributed by atoms with Crippen molar-refractivity contribution in [3.05, 3.63) is 42.0 Å². The van der Waals surface area contributed by atoms with Crippen LogP contribution in [0.4, 0.5) is 0 Å². The molecule has 0 aliphatic rings. The predicted molar refractivity (Wildman–Crippen MR) is 51.6 cm³/mol. The summed E-state index contributed by atoms with van der Waals surface area (Å²) in [5.41, 5.74) is 1.46. The molecule has 0 amide bonds. The molecular formula is C11H12O2. The van der Waals surface area contributed by atoms with E-state index in [4.69, 9.17) is 5.11 Å². The Morgan fingerprint density at radius 3 is 2.38 bits per heavy atom. The zero-order valence-corrected chi connectivity index (χ0v) is 7.58. The molecule has 0 unspecified atom stereocenters. The summed E-state index contributed by atoms with van der Waals surface area (Å²) in [7, 11) is 0. The van der Waals surface area contributed by atoms with Crippen LogP contribution in [-0.4, -0.2) is 10.9 Å². The maximum absolute atomic E-state index is 11.2. The number of phenolic OH excluding ortho intramolecular Hbond substituents is 1. The molecule has 0 aromatic heterocycles. The number of hydrogen-bond donors (Lipinski definition) is 1. The average molecular weight is 176 g/mol. The first-order valence-corrected chi connectivity index (χ1v) is 4.06. The van der Waals surface area contributed by atoms with Gasteiger partial charge in [-0.15, -0.1) is 0 Å². The van der Waals surface area contributed by atoms with Crippen molar-refractivity contribution in [1.29, 1.82) is 0 Å². The second-order valence-electron chi connectivity index (χ2n) is 3.05. The summed E-state index contributed by atoms with van der Waals surface area (Å²) in [5.74, 6) is 0.247. The summed E-state index contributed by atoms with van der Waals surface area (Å²) >= 11 is 0. The van der Waals surface area contributed by atoms with Gasteiger partial charge in [-0.05, 0) is 30.2 Å². The minimum Gasteiger partial charge on any atom is -0.508 e. The Kier molecular flexibility index (Phi) is 2.85. The Labute approximate surface area is 77.5 Å². The average Bonchev–Trinajstić information content (AvgIpc) is 2.08. The molecule has 0 bridgehead atoms. The van der Waals surface area contributed by atoms with Crippen LogP contribution in [0.2, 0.25) is 0 Å². The number of carbonyl (C=O) groups excluding carboxylic acids is 1. The van der Waals surface area contributed by atoms with Gasteiger partial charge in [-0.3, -0.25) is 4.79 Å². The van der Waals surface area contributed by atoms with E-state index in [0.29, 0.717) is 12.0 Å². The van der Waals surface area contributed by atoms with Crippen LogP contribution in [0.15, 0.2) is 36.4 Å². The van der Waals surface area contributed by atoms with E-state index >= 15 is 0 Å². The fourth-order valence-electron chi connectivity index (χ4n) is 0.950. The molecule has 0 atom stereocenters. The zero-order valence-electron chi connectivity index (χ0n) is 7.58.